The molecule has 1 heterocycles. The molecule has 9 heteroatoms. The minimum atomic E-state index is -1.20. The molecule has 3 rings (SSSR count). The summed E-state index contributed by atoms with van der Waals surface area (Å²) in [4.78, 5) is 69.5. The molecule has 0 saturated heterocycles. The molecule has 0 saturated carbocycles. The Morgan fingerprint density at radius 1 is 0.905 bits per heavy atom. The number of nitrogens with one attached hydrogen (secondary N) is 1. The van der Waals surface area contributed by atoms with E-state index in [0.29, 0.717) is 11.3 Å². The Hall–Kier alpha value is -4.27. The highest BCUT2D eigenvalue weighted by Gasteiger charge is 2.43. The van der Waals surface area contributed by atoms with Gasteiger partial charge < -0.3 is 15.0 Å². The number of esters is 1. The van der Waals surface area contributed by atoms with E-state index in [4.69, 9.17) is 4.74 Å². The van der Waals surface area contributed by atoms with Gasteiger partial charge in [0, 0.05) is 18.0 Å². The largest absolute Gasteiger partial charge is 0.457 e. The van der Waals surface area contributed by atoms with Crippen molar-refractivity contribution >= 4 is 35.2 Å². The number of nitrogens with zero attached hydrogens (tertiary/aromatic N) is 2. The summed E-state index contributed by atoms with van der Waals surface area (Å²) in [6.07, 6.45) is 1.19. The maximum atomic E-state index is 14.0. The van der Waals surface area contributed by atoms with Crippen molar-refractivity contribution in [2.24, 2.45) is 11.3 Å². The molecule has 2 aromatic carbocycles. The van der Waals surface area contributed by atoms with Crippen molar-refractivity contribution in [3.63, 3.8) is 0 Å². The van der Waals surface area contributed by atoms with E-state index in [1.165, 1.54) is 9.80 Å². The second-order valence-corrected chi connectivity index (χ2v) is 12.1. The third-order valence-electron chi connectivity index (χ3n) is 6.73. The fourth-order valence-electron chi connectivity index (χ4n) is 4.72. The first-order valence-corrected chi connectivity index (χ1v) is 14.2. The molecule has 0 aliphatic carbocycles. The van der Waals surface area contributed by atoms with Crippen LogP contribution in [-0.4, -0.2) is 64.0 Å². The van der Waals surface area contributed by atoms with E-state index in [0.717, 1.165) is 5.56 Å². The Labute approximate surface area is 247 Å². The Kier molecular flexibility index (Phi) is 10.4. The first-order chi connectivity index (χ1) is 19.7. The van der Waals surface area contributed by atoms with Gasteiger partial charge in [-0.25, -0.2) is 4.79 Å². The van der Waals surface area contributed by atoms with Gasteiger partial charge in [-0.2, -0.15) is 0 Å². The summed E-state index contributed by atoms with van der Waals surface area (Å²) in [5.41, 5.74) is 1.02. The summed E-state index contributed by atoms with van der Waals surface area (Å²) >= 11 is 0. The number of hydrogen-bond donors (Lipinski definition) is 1. The van der Waals surface area contributed by atoms with Gasteiger partial charge in [-0.1, -0.05) is 95.3 Å². The number of rotatable bonds is 10. The van der Waals surface area contributed by atoms with Gasteiger partial charge in [0.05, 0.1) is 11.8 Å². The molecule has 9 nitrogen and oxygen atoms in total. The maximum Gasteiger partial charge on any atom is 0.377 e. The summed E-state index contributed by atoms with van der Waals surface area (Å²) in [7, 11) is 0. The normalized spacial score (nSPS) is 16.3. The topological polar surface area (TPSA) is 113 Å². The number of amides is 3. The molecule has 42 heavy (non-hydrogen) atoms. The van der Waals surface area contributed by atoms with E-state index in [9.17, 15) is 24.0 Å². The van der Waals surface area contributed by atoms with E-state index in [1.807, 2.05) is 26.0 Å². The number of Topliss-reactive ketones (excluding diaryl/α,β-unsaturated/α-hetero) is 1. The molecule has 0 fully saturated rings. The molecular weight excluding hydrogens is 534 g/mol. The fourth-order valence-corrected chi connectivity index (χ4v) is 4.72. The Morgan fingerprint density at radius 3 is 2.00 bits per heavy atom. The van der Waals surface area contributed by atoms with Crippen LogP contribution in [0, 0.1) is 11.3 Å². The minimum absolute atomic E-state index is 0.0659. The van der Waals surface area contributed by atoms with Crippen LogP contribution >= 0.6 is 0 Å². The quantitative estimate of drug-likeness (QED) is 0.339. The lowest BCUT2D eigenvalue weighted by Crippen LogP contribution is -2.58. The zero-order chi connectivity index (χ0) is 31.2. The lowest BCUT2D eigenvalue weighted by Gasteiger charge is -2.43. The summed E-state index contributed by atoms with van der Waals surface area (Å²) in [5.74, 6) is -3.43. The zero-order valence-corrected chi connectivity index (χ0v) is 25.4. The SMILES string of the molecule is CC(C)OC(=O)C(=O)[C@H](Cc1ccccc1)NC(=O)CN1C(=O)C(C(C)C)N(C(=O)C(C)(C)C)C=C1c1ccccc1. The van der Waals surface area contributed by atoms with Crippen LogP contribution in [0.5, 0.6) is 0 Å². The van der Waals surface area contributed by atoms with Crippen LogP contribution in [0.3, 0.4) is 0 Å². The second-order valence-electron chi connectivity index (χ2n) is 12.1. The Morgan fingerprint density at radius 2 is 1.48 bits per heavy atom. The number of ether oxygens (including phenoxy) is 1. The molecule has 2 aromatic rings. The fraction of sp³-hybridized carbons (Fsp3) is 0.424. The van der Waals surface area contributed by atoms with Crippen LogP contribution in [0.1, 0.15) is 59.6 Å². The van der Waals surface area contributed by atoms with Crippen molar-refractivity contribution < 1.29 is 28.7 Å². The average molecular weight is 576 g/mol. The third kappa shape index (κ3) is 7.93. The number of carbonyl (C=O) groups excluding carboxylic acids is 5. The lowest BCUT2D eigenvalue weighted by atomic mass is 9.90. The molecule has 2 atom stereocenters. The van der Waals surface area contributed by atoms with Gasteiger partial charge in [0.25, 0.3) is 11.7 Å². The van der Waals surface area contributed by atoms with E-state index in [2.05, 4.69) is 5.32 Å². The summed E-state index contributed by atoms with van der Waals surface area (Å²) in [6, 6.07) is 16.0. The highest BCUT2D eigenvalue weighted by Crippen LogP contribution is 2.32. The molecule has 0 radical (unpaired) electrons. The molecule has 1 unspecified atom stereocenters. The van der Waals surface area contributed by atoms with Crippen molar-refractivity contribution in [1.82, 2.24) is 15.1 Å². The summed E-state index contributed by atoms with van der Waals surface area (Å²) in [5, 5.41) is 2.67. The summed E-state index contributed by atoms with van der Waals surface area (Å²) < 4.78 is 5.11. The van der Waals surface area contributed by atoms with E-state index >= 15 is 0 Å². The van der Waals surface area contributed by atoms with Crippen LogP contribution in [0.25, 0.3) is 5.70 Å². The van der Waals surface area contributed by atoms with Gasteiger partial charge in [-0.05, 0) is 30.9 Å². The Bertz CT molecular complexity index is 1330. The predicted molar refractivity (Wildman–Crippen MR) is 159 cm³/mol. The van der Waals surface area contributed by atoms with E-state index < -0.39 is 53.7 Å². The highest BCUT2D eigenvalue weighted by molar-refractivity contribution is 6.36. The van der Waals surface area contributed by atoms with Crippen molar-refractivity contribution in [1.29, 1.82) is 0 Å². The van der Waals surface area contributed by atoms with Crippen LogP contribution in [0.4, 0.5) is 0 Å². The smallest absolute Gasteiger partial charge is 0.377 e. The van der Waals surface area contributed by atoms with Crippen LogP contribution < -0.4 is 5.32 Å². The molecule has 0 aromatic heterocycles. The lowest BCUT2D eigenvalue weighted by molar-refractivity contribution is -0.157. The van der Waals surface area contributed by atoms with E-state index in [-0.39, 0.29) is 18.2 Å². The highest BCUT2D eigenvalue weighted by atomic mass is 16.5. The molecule has 1 aliphatic rings. The summed E-state index contributed by atoms with van der Waals surface area (Å²) in [6.45, 7) is 11.9. The van der Waals surface area contributed by atoms with Crippen LogP contribution in [0.15, 0.2) is 66.9 Å². The van der Waals surface area contributed by atoms with Gasteiger partial charge in [-0.3, -0.25) is 24.1 Å². The first-order valence-electron chi connectivity index (χ1n) is 14.2. The van der Waals surface area contributed by atoms with Crippen molar-refractivity contribution in [2.75, 3.05) is 6.54 Å². The van der Waals surface area contributed by atoms with Gasteiger partial charge in [0.2, 0.25) is 11.8 Å². The maximum absolute atomic E-state index is 14.0. The predicted octanol–water partition coefficient (Wildman–Crippen LogP) is 3.97. The number of carbonyl (C=O) groups is 5. The average Bonchev–Trinajstić information content (AvgIpc) is 2.92. The monoisotopic (exact) mass is 575 g/mol. The van der Waals surface area contributed by atoms with Crippen molar-refractivity contribution in [3.05, 3.63) is 78.0 Å². The van der Waals surface area contributed by atoms with Crippen LogP contribution in [0.2, 0.25) is 0 Å². The number of benzene rings is 2. The number of hydrogen-bond acceptors (Lipinski definition) is 6. The van der Waals surface area contributed by atoms with Gasteiger partial charge in [0.15, 0.2) is 0 Å². The Balaban J connectivity index is 1.98. The second kappa shape index (κ2) is 13.6. The van der Waals surface area contributed by atoms with Gasteiger partial charge >= 0.3 is 5.97 Å². The van der Waals surface area contributed by atoms with Gasteiger partial charge in [-0.15, -0.1) is 0 Å². The standard InChI is InChI=1S/C33H41N3O6/c1-21(2)28-30(39)35(26(24-16-12-9-13-17-24)19-36(28)32(41)33(5,6)7)20-27(37)34-25(18-23-14-10-8-11-15-23)29(38)31(40)42-22(3)4/h8-17,19,21-22,25,28H,18,20H2,1-7H3,(H,34,37)/t25-,28?/m0/s1. The molecule has 1 N–H and O–H groups in total. The molecule has 3 amide bonds. The molecule has 0 spiro atoms. The van der Waals surface area contributed by atoms with Gasteiger partial charge in [0.1, 0.15) is 18.6 Å². The minimum Gasteiger partial charge on any atom is -0.457 e. The molecular formula is C33H41N3O6. The first kappa shape index (κ1) is 32.2. The van der Waals surface area contributed by atoms with Crippen molar-refractivity contribution in [2.45, 2.75) is 73.1 Å². The van der Waals surface area contributed by atoms with Crippen LogP contribution in [-0.2, 0) is 35.1 Å². The molecule has 1 aliphatic heterocycles. The van der Waals surface area contributed by atoms with Crippen molar-refractivity contribution in [3.8, 4) is 0 Å². The third-order valence-corrected chi connectivity index (χ3v) is 6.73. The molecule has 0 bridgehead atoms. The van der Waals surface area contributed by atoms with E-state index in [1.54, 1.807) is 89.3 Å². The molecule has 224 valence electrons. The zero-order valence-electron chi connectivity index (χ0n) is 25.4. The number of ketones is 1.